The number of para-hydroxylation sites is 1. The predicted octanol–water partition coefficient (Wildman–Crippen LogP) is 5.08. The Labute approximate surface area is 179 Å². The largest absolute Gasteiger partial charge is 0.317 e. The lowest BCUT2D eigenvalue weighted by atomic mass is 10.0. The van der Waals surface area contributed by atoms with Gasteiger partial charge in [-0.3, -0.25) is 10.1 Å². The third kappa shape index (κ3) is 4.71. The highest BCUT2D eigenvalue weighted by Gasteiger charge is 2.41. The van der Waals surface area contributed by atoms with E-state index in [-0.39, 0.29) is 22.3 Å². The van der Waals surface area contributed by atoms with Crippen LogP contribution in [0.2, 0.25) is 19.6 Å². The number of hydrogen-bond acceptors (Lipinski definition) is 5. The van der Waals surface area contributed by atoms with Crippen LogP contribution in [0.1, 0.15) is 26.3 Å². The van der Waals surface area contributed by atoms with Crippen LogP contribution in [0, 0.1) is 21.6 Å². The third-order valence-electron chi connectivity index (χ3n) is 4.56. The van der Waals surface area contributed by atoms with Crippen molar-refractivity contribution in [1.82, 2.24) is 4.90 Å². The monoisotopic (exact) mass is 420 g/mol. The van der Waals surface area contributed by atoms with Gasteiger partial charge in [-0.25, -0.2) is 5.01 Å². The second-order valence-corrected chi connectivity index (χ2v) is 14.1. The van der Waals surface area contributed by atoms with Crippen molar-refractivity contribution in [3.8, 4) is 11.5 Å². The van der Waals surface area contributed by atoms with E-state index in [1.54, 1.807) is 12.1 Å². The minimum atomic E-state index is -1.61. The highest BCUT2D eigenvalue weighted by molar-refractivity contribution is 6.83. The molecule has 0 spiro atoms. The highest BCUT2D eigenvalue weighted by atomic mass is 28.3. The van der Waals surface area contributed by atoms with Crippen LogP contribution in [0.5, 0.6) is 0 Å². The molecule has 3 rings (SSSR count). The SMILES string of the molecule is CC(C)(C)N1C(c2ccc([N+](=O)[O-])cc2)=NN(c2ccccc2)[C@@H]1C#C[Si](C)(C)C. The summed E-state index contributed by atoms with van der Waals surface area (Å²) in [6.45, 7) is 13.1. The molecule has 1 aliphatic heterocycles. The highest BCUT2D eigenvalue weighted by Crippen LogP contribution is 2.32. The van der Waals surface area contributed by atoms with Crippen LogP contribution in [0.25, 0.3) is 0 Å². The van der Waals surface area contributed by atoms with Gasteiger partial charge in [0.1, 0.15) is 8.07 Å². The fourth-order valence-corrected chi connectivity index (χ4v) is 3.79. The molecular formula is C23H28N4O2Si. The summed E-state index contributed by atoms with van der Waals surface area (Å²) in [5, 5.41) is 18.0. The van der Waals surface area contributed by atoms with Crippen LogP contribution in [0.3, 0.4) is 0 Å². The van der Waals surface area contributed by atoms with Crippen LogP contribution in [-0.2, 0) is 0 Å². The molecule has 6 nitrogen and oxygen atoms in total. The van der Waals surface area contributed by atoms with Gasteiger partial charge in [0.2, 0.25) is 0 Å². The number of nitro benzene ring substituents is 1. The molecule has 0 aliphatic carbocycles. The first-order chi connectivity index (χ1) is 14.0. The average Bonchev–Trinajstić information content (AvgIpc) is 3.06. The molecule has 1 aliphatic rings. The summed E-state index contributed by atoms with van der Waals surface area (Å²) in [4.78, 5) is 12.9. The van der Waals surface area contributed by atoms with Crippen molar-refractivity contribution in [2.24, 2.45) is 5.10 Å². The minimum Gasteiger partial charge on any atom is -0.317 e. The Balaban J connectivity index is 2.15. The fraction of sp³-hybridized carbons (Fsp3) is 0.348. The Morgan fingerprint density at radius 1 is 1.03 bits per heavy atom. The molecule has 0 saturated carbocycles. The first-order valence-corrected chi connectivity index (χ1v) is 13.5. The predicted molar refractivity (Wildman–Crippen MR) is 125 cm³/mol. The second-order valence-electron chi connectivity index (χ2n) is 9.34. The van der Waals surface area contributed by atoms with E-state index >= 15 is 0 Å². The summed E-state index contributed by atoms with van der Waals surface area (Å²) in [5.74, 6) is 4.26. The van der Waals surface area contributed by atoms with Crippen molar-refractivity contribution in [3.05, 3.63) is 70.3 Å². The Kier molecular flexibility index (Phi) is 5.73. The maximum absolute atomic E-state index is 11.1. The summed E-state index contributed by atoms with van der Waals surface area (Å²) in [6.07, 6.45) is -0.260. The van der Waals surface area contributed by atoms with Gasteiger partial charge >= 0.3 is 0 Å². The number of non-ortho nitro benzene ring substituents is 1. The molecule has 0 fully saturated rings. The summed E-state index contributed by atoms with van der Waals surface area (Å²) in [6, 6.07) is 16.5. The molecule has 0 unspecified atom stereocenters. The summed E-state index contributed by atoms with van der Waals surface area (Å²) in [7, 11) is -1.61. The fourth-order valence-electron chi connectivity index (χ4n) is 3.23. The second kappa shape index (κ2) is 7.96. The van der Waals surface area contributed by atoms with Crippen molar-refractivity contribution in [3.63, 3.8) is 0 Å². The number of hydrogen-bond donors (Lipinski definition) is 0. The van der Waals surface area contributed by atoms with Crippen LogP contribution in [-0.4, -0.2) is 35.4 Å². The first kappa shape index (κ1) is 21.6. The molecule has 156 valence electrons. The number of hydrazone groups is 1. The molecule has 0 bridgehead atoms. The molecule has 0 saturated heterocycles. The van der Waals surface area contributed by atoms with Crippen molar-refractivity contribution in [1.29, 1.82) is 0 Å². The Morgan fingerprint density at radius 2 is 1.63 bits per heavy atom. The number of nitro groups is 1. The molecule has 0 amide bonds. The standard InChI is InChI=1S/C23H28N4O2Si/c1-23(2,3)25-21(16-17-30(4,5)6)26(19-10-8-7-9-11-19)24-22(25)18-12-14-20(15-13-18)27(28)29/h7-15,21H,1-6H3/t21-/m1/s1. The van der Waals surface area contributed by atoms with E-state index in [0.29, 0.717) is 0 Å². The smallest absolute Gasteiger partial charge is 0.269 e. The van der Waals surface area contributed by atoms with Gasteiger partial charge in [0.25, 0.3) is 5.69 Å². The van der Waals surface area contributed by atoms with Gasteiger partial charge in [0.15, 0.2) is 12.0 Å². The molecule has 0 aromatic heterocycles. The van der Waals surface area contributed by atoms with E-state index in [2.05, 4.69) is 56.8 Å². The number of benzene rings is 2. The third-order valence-corrected chi connectivity index (χ3v) is 5.46. The van der Waals surface area contributed by atoms with Gasteiger partial charge < -0.3 is 4.90 Å². The summed E-state index contributed by atoms with van der Waals surface area (Å²) < 4.78 is 0. The lowest BCUT2D eigenvalue weighted by Crippen LogP contribution is -2.52. The quantitative estimate of drug-likeness (QED) is 0.300. The lowest BCUT2D eigenvalue weighted by Gasteiger charge is -2.38. The van der Waals surface area contributed by atoms with E-state index in [1.165, 1.54) is 12.1 Å². The van der Waals surface area contributed by atoms with E-state index in [4.69, 9.17) is 5.10 Å². The normalized spacial score (nSPS) is 16.7. The lowest BCUT2D eigenvalue weighted by molar-refractivity contribution is -0.384. The maximum Gasteiger partial charge on any atom is 0.269 e. The summed E-state index contributed by atoms with van der Waals surface area (Å²) in [5.41, 5.74) is 5.09. The molecule has 2 aromatic rings. The molecule has 0 radical (unpaired) electrons. The zero-order valence-electron chi connectivity index (χ0n) is 18.4. The van der Waals surface area contributed by atoms with Gasteiger partial charge in [-0.15, -0.1) is 5.54 Å². The summed E-state index contributed by atoms with van der Waals surface area (Å²) >= 11 is 0. The molecule has 7 heteroatoms. The van der Waals surface area contributed by atoms with Gasteiger partial charge in [0, 0.05) is 23.2 Å². The van der Waals surface area contributed by atoms with Gasteiger partial charge in [-0.2, -0.15) is 5.10 Å². The number of amidine groups is 1. The van der Waals surface area contributed by atoms with Gasteiger partial charge in [0.05, 0.1) is 10.6 Å². The topological polar surface area (TPSA) is 62.0 Å². The van der Waals surface area contributed by atoms with E-state index < -0.39 is 8.07 Å². The Bertz CT molecular complexity index is 1010. The van der Waals surface area contributed by atoms with Crippen molar-refractivity contribution >= 4 is 25.3 Å². The molecule has 1 atom stereocenters. The molecule has 1 heterocycles. The van der Waals surface area contributed by atoms with Crippen LogP contribution >= 0.6 is 0 Å². The number of anilines is 1. The number of nitrogens with zero attached hydrogens (tertiary/aromatic N) is 4. The Hall–Kier alpha value is -3.11. The molecular weight excluding hydrogens is 392 g/mol. The number of rotatable bonds is 3. The Morgan fingerprint density at radius 3 is 2.13 bits per heavy atom. The maximum atomic E-state index is 11.1. The van der Waals surface area contributed by atoms with Crippen LogP contribution in [0.4, 0.5) is 11.4 Å². The molecule has 30 heavy (non-hydrogen) atoms. The van der Waals surface area contributed by atoms with Crippen LogP contribution < -0.4 is 5.01 Å². The van der Waals surface area contributed by atoms with E-state index in [0.717, 1.165) is 17.1 Å². The zero-order valence-corrected chi connectivity index (χ0v) is 19.4. The molecule has 0 N–H and O–H groups in total. The van der Waals surface area contributed by atoms with E-state index in [1.807, 2.05) is 35.3 Å². The minimum absolute atomic E-state index is 0.0645. The first-order valence-electron chi connectivity index (χ1n) is 9.97. The van der Waals surface area contributed by atoms with Crippen molar-refractivity contribution in [2.75, 3.05) is 5.01 Å². The molecule has 2 aromatic carbocycles. The van der Waals surface area contributed by atoms with Crippen molar-refractivity contribution in [2.45, 2.75) is 52.1 Å². The van der Waals surface area contributed by atoms with Gasteiger partial charge in [-0.1, -0.05) is 43.8 Å². The van der Waals surface area contributed by atoms with E-state index in [9.17, 15) is 10.1 Å². The van der Waals surface area contributed by atoms with Crippen molar-refractivity contribution < 1.29 is 4.92 Å². The van der Waals surface area contributed by atoms with Gasteiger partial charge in [-0.05, 0) is 45.0 Å². The zero-order chi connectivity index (χ0) is 22.1. The van der Waals surface area contributed by atoms with Crippen LogP contribution in [0.15, 0.2) is 59.7 Å². The average molecular weight is 421 g/mol.